The zero-order valence-electron chi connectivity index (χ0n) is 15.0. The van der Waals surface area contributed by atoms with E-state index in [1.807, 2.05) is 27.9 Å². The van der Waals surface area contributed by atoms with Crippen LogP contribution in [0.15, 0.2) is 36.7 Å². The number of benzene rings is 1. The average Bonchev–Trinajstić information content (AvgIpc) is 3.36. The predicted molar refractivity (Wildman–Crippen MR) is 101 cm³/mol. The molecule has 4 rings (SSSR count). The summed E-state index contributed by atoms with van der Waals surface area (Å²) in [6.07, 6.45) is 8.22. The number of carbonyl (C=O) groups excluding carboxylic acids is 1. The first-order valence-electron chi connectivity index (χ1n) is 9.53. The van der Waals surface area contributed by atoms with Gasteiger partial charge in [0.2, 0.25) is 0 Å². The number of aromatic nitrogens is 3. The minimum atomic E-state index is -0.00753. The molecule has 0 saturated carbocycles. The van der Waals surface area contributed by atoms with Gasteiger partial charge in [-0.3, -0.25) is 4.68 Å². The normalized spacial score (nSPS) is 20.4. The summed E-state index contributed by atoms with van der Waals surface area (Å²) < 4.78 is 1.85. The highest BCUT2D eigenvalue weighted by molar-refractivity contribution is 5.90. The number of likely N-dealkylation sites (tertiary alicyclic amines) is 1. The smallest absolute Gasteiger partial charge is 0.321 e. The van der Waals surface area contributed by atoms with E-state index in [4.69, 9.17) is 0 Å². The molecule has 2 aliphatic rings. The minimum Gasteiger partial charge on any atom is -0.371 e. The van der Waals surface area contributed by atoms with Crippen molar-refractivity contribution in [3.8, 4) is 0 Å². The van der Waals surface area contributed by atoms with Crippen molar-refractivity contribution in [3.63, 3.8) is 0 Å². The third-order valence-electron chi connectivity index (χ3n) is 5.29. The number of nitrogens with one attached hydrogen (secondary N) is 1. The fraction of sp³-hybridized carbons (Fsp3) is 0.526. The van der Waals surface area contributed by atoms with E-state index in [1.165, 1.54) is 18.5 Å². The summed E-state index contributed by atoms with van der Waals surface area (Å²) in [5.74, 6) is 0.423. The summed E-state index contributed by atoms with van der Waals surface area (Å²) in [4.78, 5) is 17.0. The van der Waals surface area contributed by atoms with Crippen molar-refractivity contribution in [2.24, 2.45) is 5.92 Å². The van der Waals surface area contributed by atoms with Crippen molar-refractivity contribution < 1.29 is 4.79 Å². The molecule has 0 radical (unpaired) electrons. The van der Waals surface area contributed by atoms with Gasteiger partial charge in [0.1, 0.15) is 0 Å². The molecule has 138 valence electrons. The summed E-state index contributed by atoms with van der Waals surface area (Å²) in [5, 5.41) is 11.0. The van der Waals surface area contributed by atoms with Gasteiger partial charge in [-0.15, -0.1) is 5.10 Å². The van der Waals surface area contributed by atoms with Gasteiger partial charge in [-0.2, -0.15) is 0 Å². The maximum Gasteiger partial charge on any atom is 0.321 e. The van der Waals surface area contributed by atoms with Crippen LogP contribution in [0.3, 0.4) is 0 Å². The summed E-state index contributed by atoms with van der Waals surface area (Å²) in [6, 6.07) is 8.18. The molecule has 2 aromatic rings. The number of hydrogen-bond donors (Lipinski definition) is 1. The van der Waals surface area contributed by atoms with E-state index in [0.717, 1.165) is 51.3 Å². The number of nitrogens with zero attached hydrogens (tertiary/aromatic N) is 5. The van der Waals surface area contributed by atoms with Gasteiger partial charge in [0.15, 0.2) is 0 Å². The van der Waals surface area contributed by atoms with Crippen molar-refractivity contribution in [2.45, 2.75) is 32.2 Å². The van der Waals surface area contributed by atoms with Crippen LogP contribution in [-0.4, -0.2) is 52.1 Å². The Morgan fingerprint density at radius 3 is 2.88 bits per heavy atom. The molecule has 2 fully saturated rings. The van der Waals surface area contributed by atoms with Crippen LogP contribution in [0, 0.1) is 5.92 Å². The molecule has 0 aliphatic carbocycles. The van der Waals surface area contributed by atoms with Crippen LogP contribution in [0.25, 0.3) is 0 Å². The Kier molecular flexibility index (Phi) is 5.04. The minimum absolute atomic E-state index is 0.00753. The second-order valence-corrected chi connectivity index (χ2v) is 7.25. The van der Waals surface area contributed by atoms with E-state index < -0.39 is 0 Å². The van der Waals surface area contributed by atoms with Crippen LogP contribution in [0.2, 0.25) is 0 Å². The lowest BCUT2D eigenvalue weighted by Crippen LogP contribution is -2.43. The first kappa shape index (κ1) is 16.9. The maximum absolute atomic E-state index is 12.7. The molecule has 0 bridgehead atoms. The van der Waals surface area contributed by atoms with Crippen LogP contribution in [0.4, 0.5) is 16.2 Å². The number of piperidine rings is 1. The number of urea groups is 1. The van der Waals surface area contributed by atoms with Crippen LogP contribution in [0.5, 0.6) is 0 Å². The van der Waals surface area contributed by atoms with Crippen LogP contribution in [-0.2, 0) is 6.54 Å². The first-order valence-corrected chi connectivity index (χ1v) is 9.53. The monoisotopic (exact) mass is 354 g/mol. The number of anilines is 2. The van der Waals surface area contributed by atoms with Gasteiger partial charge < -0.3 is 15.1 Å². The van der Waals surface area contributed by atoms with Crippen molar-refractivity contribution in [3.05, 3.63) is 36.7 Å². The zero-order valence-corrected chi connectivity index (χ0v) is 15.0. The van der Waals surface area contributed by atoms with E-state index in [-0.39, 0.29) is 6.03 Å². The highest BCUT2D eigenvalue weighted by Gasteiger charge is 2.24. The quantitative estimate of drug-likeness (QED) is 0.917. The van der Waals surface area contributed by atoms with Crippen molar-refractivity contribution in [2.75, 3.05) is 36.4 Å². The highest BCUT2D eigenvalue weighted by atomic mass is 16.2. The maximum atomic E-state index is 12.7. The third kappa shape index (κ3) is 3.98. The van der Waals surface area contributed by atoms with Gasteiger partial charge in [-0.05, 0) is 49.8 Å². The number of amides is 2. The molecule has 1 unspecified atom stereocenters. The molecule has 3 heterocycles. The molecule has 1 N–H and O–H groups in total. The van der Waals surface area contributed by atoms with Gasteiger partial charge >= 0.3 is 6.03 Å². The summed E-state index contributed by atoms with van der Waals surface area (Å²) >= 11 is 0. The molecule has 7 heteroatoms. The highest BCUT2D eigenvalue weighted by Crippen LogP contribution is 2.24. The van der Waals surface area contributed by atoms with E-state index >= 15 is 0 Å². The molecule has 26 heavy (non-hydrogen) atoms. The summed E-state index contributed by atoms with van der Waals surface area (Å²) in [7, 11) is 0. The van der Waals surface area contributed by atoms with Crippen LogP contribution in [0.1, 0.15) is 25.7 Å². The molecular formula is C19H26N6O. The predicted octanol–water partition coefficient (Wildman–Crippen LogP) is 2.82. The molecule has 7 nitrogen and oxygen atoms in total. The fourth-order valence-electron chi connectivity index (χ4n) is 3.95. The van der Waals surface area contributed by atoms with Gasteiger partial charge in [0, 0.05) is 50.3 Å². The SMILES string of the molecule is O=C(Nc1cccc(N2CCCC2)c1)N1CCCC(Cn2ccnn2)C1. The van der Waals surface area contributed by atoms with Crippen LogP contribution >= 0.6 is 0 Å². The fourth-order valence-corrected chi connectivity index (χ4v) is 3.95. The zero-order chi connectivity index (χ0) is 17.8. The standard InChI is InChI=1S/C19H26N6O/c26-19(21-17-6-3-7-18(13-17)23-9-1-2-10-23)24-11-4-5-16(14-24)15-25-12-8-20-22-25/h3,6-8,12-13,16H,1-2,4-5,9-11,14-15H2,(H,21,26). The Balaban J connectivity index is 1.36. The van der Waals surface area contributed by atoms with Crippen molar-refractivity contribution >= 4 is 17.4 Å². The van der Waals surface area contributed by atoms with Crippen LogP contribution < -0.4 is 10.2 Å². The summed E-state index contributed by atoms with van der Waals surface area (Å²) in [6.45, 7) is 4.60. The number of rotatable bonds is 4. The third-order valence-corrected chi connectivity index (χ3v) is 5.29. The lowest BCUT2D eigenvalue weighted by molar-refractivity contribution is 0.168. The topological polar surface area (TPSA) is 66.3 Å². The van der Waals surface area contributed by atoms with Crippen molar-refractivity contribution in [1.29, 1.82) is 0 Å². The van der Waals surface area contributed by atoms with E-state index in [9.17, 15) is 4.79 Å². The van der Waals surface area contributed by atoms with Gasteiger partial charge in [-0.1, -0.05) is 11.3 Å². The number of hydrogen-bond acceptors (Lipinski definition) is 4. The Bertz CT molecular complexity index is 725. The molecule has 0 spiro atoms. The number of carbonyl (C=O) groups is 1. The lowest BCUT2D eigenvalue weighted by atomic mass is 9.98. The van der Waals surface area contributed by atoms with E-state index in [1.54, 1.807) is 6.20 Å². The molecule has 2 amide bonds. The van der Waals surface area contributed by atoms with Gasteiger partial charge in [-0.25, -0.2) is 4.79 Å². The molecule has 2 aliphatic heterocycles. The Hall–Kier alpha value is -2.57. The van der Waals surface area contributed by atoms with Gasteiger partial charge in [0.25, 0.3) is 0 Å². The molecule has 2 saturated heterocycles. The Morgan fingerprint density at radius 1 is 1.19 bits per heavy atom. The van der Waals surface area contributed by atoms with Crippen molar-refractivity contribution in [1.82, 2.24) is 19.9 Å². The van der Waals surface area contributed by atoms with Gasteiger partial charge in [0.05, 0.1) is 6.20 Å². The second kappa shape index (κ2) is 7.76. The second-order valence-electron chi connectivity index (χ2n) is 7.25. The van der Waals surface area contributed by atoms with E-state index in [2.05, 4.69) is 32.7 Å². The summed E-state index contributed by atoms with van der Waals surface area (Å²) in [5.41, 5.74) is 2.07. The average molecular weight is 354 g/mol. The lowest BCUT2D eigenvalue weighted by Gasteiger charge is -2.32. The molecule has 1 aromatic heterocycles. The van der Waals surface area contributed by atoms with E-state index in [0.29, 0.717) is 5.92 Å². The Morgan fingerprint density at radius 2 is 2.08 bits per heavy atom. The molecular weight excluding hydrogens is 328 g/mol. The largest absolute Gasteiger partial charge is 0.371 e. The first-order chi connectivity index (χ1) is 12.8. The molecule has 1 atom stereocenters. The Labute approximate surface area is 154 Å². The molecule has 1 aromatic carbocycles.